The van der Waals surface area contributed by atoms with E-state index in [9.17, 15) is 4.79 Å². The van der Waals surface area contributed by atoms with Gasteiger partial charge in [-0.05, 0) is 18.3 Å². The predicted octanol–water partition coefficient (Wildman–Crippen LogP) is 1.40. The fourth-order valence-corrected chi connectivity index (χ4v) is 2.02. The molecule has 0 N–H and O–H groups in total. The summed E-state index contributed by atoms with van der Waals surface area (Å²) in [7, 11) is 0. The second-order valence-electron chi connectivity index (χ2n) is 3.01. The molecule has 0 saturated heterocycles. The average Bonchev–Trinajstić information content (AvgIpc) is 2.46. The lowest BCUT2D eigenvalue weighted by Gasteiger charge is -1.91. The summed E-state index contributed by atoms with van der Waals surface area (Å²) < 4.78 is 0. The van der Waals surface area contributed by atoms with Crippen molar-refractivity contribution in [3.8, 4) is 0 Å². The Balaban J connectivity index is 2.14. The van der Waals surface area contributed by atoms with E-state index in [0.717, 1.165) is 12.8 Å². The Labute approximate surface area is 54.8 Å². The first-order valence-corrected chi connectivity index (χ1v) is 3.50. The highest BCUT2D eigenvalue weighted by atomic mass is 16.1. The van der Waals surface area contributed by atoms with Crippen LogP contribution in [-0.2, 0) is 4.79 Å². The average molecular weight is 122 g/mol. The minimum Gasteiger partial charge on any atom is -0.299 e. The smallest absolute Gasteiger partial charge is 0.136 e. The van der Waals surface area contributed by atoms with Gasteiger partial charge in [0.1, 0.15) is 5.78 Å². The number of carbonyl (C=O) groups is 1. The van der Waals surface area contributed by atoms with Crippen LogP contribution in [0.4, 0.5) is 0 Å². The van der Waals surface area contributed by atoms with Gasteiger partial charge in [-0.15, -0.1) is 6.58 Å². The van der Waals surface area contributed by atoms with E-state index in [1.54, 1.807) is 0 Å². The summed E-state index contributed by atoms with van der Waals surface area (Å²) in [5, 5.41) is 0. The van der Waals surface area contributed by atoms with E-state index in [-0.39, 0.29) is 0 Å². The Morgan fingerprint density at radius 2 is 2.44 bits per heavy atom. The molecule has 0 spiro atoms. The maximum Gasteiger partial charge on any atom is 0.136 e. The number of hydrogen-bond donors (Lipinski definition) is 0. The molecule has 0 aliphatic heterocycles. The van der Waals surface area contributed by atoms with Gasteiger partial charge in [0, 0.05) is 12.3 Å². The van der Waals surface area contributed by atoms with E-state index in [1.165, 1.54) is 0 Å². The van der Waals surface area contributed by atoms with Crippen molar-refractivity contribution < 1.29 is 4.79 Å². The molecule has 3 atom stereocenters. The normalized spacial score (nSPS) is 46.7. The number of Topliss-reactive ketones (excluding diaryl/α,β-unsaturated/α-hetero) is 1. The summed E-state index contributed by atoms with van der Waals surface area (Å²) in [6.45, 7) is 3.69. The van der Waals surface area contributed by atoms with E-state index in [1.807, 2.05) is 6.08 Å². The van der Waals surface area contributed by atoms with Gasteiger partial charge in [-0.3, -0.25) is 4.79 Å². The number of allylic oxidation sites excluding steroid dienone is 1. The van der Waals surface area contributed by atoms with Crippen LogP contribution in [0.25, 0.3) is 0 Å². The molecule has 9 heavy (non-hydrogen) atoms. The maximum atomic E-state index is 10.9. The zero-order chi connectivity index (χ0) is 6.43. The number of rotatable bonds is 1. The van der Waals surface area contributed by atoms with E-state index in [4.69, 9.17) is 0 Å². The molecule has 2 saturated carbocycles. The highest BCUT2D eigenvalue weighted by Gasteiger charge is 2.55. The first kappa shape index (κ1) is 5.21. The van der Waals surface area contributed by atoms with Crippen LogP contribution in [0.3, 0.4) is 0 Å². The van der Waals surface area contributed by atoms with Crippen LogP contribution in [0.5, 0.6) is 0 Å². The molecule has 2 aliphatic rings. The fraction of sp³-hybridized carbons (Fsp3) is 0.625. The quantitative estimate of drug-likeness (QED) is 0.480. The third-order valence-corrected chi connectivity index (χ3v) is 2.60. The van der Waals surface area contributed by atoms with E-state index < -0.39 is 0 Å². The topological polar surface area (TPSA) is 17.1 Å². The molecule has 0 aromatic rings. The maximum absolute atomic E-state index is 10.9. The van der Waals surface area contributed by atoms with Crippen molar-refractivity contribution in [2.24, 2.45) is 17.8 Å². The van der Waals surface area contributed by atoms with Crippen LogP contribution >= 0.6 is 0 Å². The minimum atomic E-state index is 0.405. The van der Waals surface area contributed by atoms with Gasteiger partial charge in [-0.2, -0.15) is 0 Å². The zero-order valence-electron chi connectivity index (χ0n) is 5.34. The van der Waals surface area contributed by atoms with Gasteiger partial charge in [-0.1, -0.05) is 6.08 Å². The van der Waals surface area contributed by atoms with Crippen molar-refractivity contribution in [3.05, 3.63) is 12.7 Å². The molecule has 0 radical (unpaired) electrons. The molecule has 0 aromatic heterocycles. The number of hydrogen-bond acceptors (Lipinski definition) is 1. The monoisotopic (exact) mass is 122 g/mol. The number of carbonyl (C=O) groups excluding carboxylic acids is 1. The van der Waals surface area contributed by atoms with Crippen LogP contribution < -0.4 is 0 Å². The summed E-state index contributed by atoms with van der Waals surface area (Å²) in [5.74, 6) is 2.15. The van der Waals surface area contributed by atoms with Crippen molar-refractivity contribution in [1.82, 2.24) is 0 Å². The molecule has 0 unspecified atom stereocenters. The van der Waals surface area contributed by atoms with Gasteiger partial charge in [0.15, 0.2) is 0 Å². The fourth-order valence-electron chi connectivity index (χ4n) is 2.02. The Morgan fingerprint density at radius 3 is 2.78 bits per heavy atom. The molecular formula is C8H10O. The van der Waals surface area contributed by atoms with Crippen LogP contribution in [0, 0.1) is 17.8 Å². The summed E-state index contributed by atoms with van der Waals surface area (Å²) in [6, 6.07) is 0. The molecule has 0 amide bonds. The second-order valence-corrected chi connectivity index (χ2v) is 3.01. The highest BCUT2D eigenvalue weighted by molar-refractivity contribution is 5.87. The minimum absolute atomic E-state index is 0.405. The lowest BCUT2D eigenvalue weighted by Crippen LogP contribution is -1.96. The first-order valence-electron chi connectivity index (χ1n) is 3.50. The van der Waals surface area contributed by atoms with Crippen LogP contribution in [0.1, 0.15) is 12.8 Å². The van der Waals surface area contributed by atoms with Crippen molar-refractivity contribution in [2.75, 3.05) is 0 Å². The SMILES string of the molecule is C=C[C@@H]1[C@H]2CCC(=O)[C@@H]12. The first-order chi connectivity index (χ1) is 4.34. The van der Waals surface area contributed by atoms with E-state index in [0.29, 0.717) is 23.5 Å². The van der Waals surface area contributed by atoms with Crippen LogP contribution in [0.2, 0.25) is 0 Å². The second kappa shape index (κ2) is 1.47. The predicted molar refractivity (Wildman–Crippen MR) is 34.9 cm³/mol. The van der Waals surface area contributed by atoms with E-state index >= 15 is 0 Å². The highest BCUT2D eigenvalue weighted by Crippen LogP contribution is 2.55. The largest absolute Gasteiger partial charge is 0.299 e. The third-order valence-electron chi connectivity index (χ3n) is 2.60. The zero-order valence-corrected chi connectivity index (χ0v) is 5.34. The lowest BCUT2D eigenvalue weighted by atomic mass is 10.1. The summed E-state index contributed by atoms with van der Waals surface area (Å²) in [4.78, 5) is 10.9. The Morgan fingerprint density at radius 1 is 1.67 bits per heavy atom. The summed E-state index contributed by atoms with van der Waals surface area (Å²) in [5.41, 5.74) is 0. The van der Waals surface area contributed by atoms with Gasteiger partial charge in [0.2, 0.25) is 0 Å². The van der Waals surface area contributed by atoms with Gasteiger partial charge >= 0.3 is 0 Å². The molecule has 0 bridgehead atoms. The Bertz CT molecular complexity index is 171. The number of ketones is 1. The molecule has 2 fully saturated rings. The summed E-state index contributed by atoms with van der Waals surface area (Å²) in [6.07, 6.45) is 3.90. The molecule has 1 heteroatoms. The van der Waals surface area contributed by atoms with Gasteiger partial charge in [0.25, 0.3) is 0 Å². The lowest BCUT2D eigenvalue weighted by molar-refractivity contribution is -0.119. The van der Waals surface area contributed by atoms with Gasteiger partial charge in [-0.25, -0.2) is 0 Å². The van der Waals surface area contributed by atoms with Crippen molar-refractivity contribution in [2.45, 2.75) is 12.8 Å². The van der Waals surface area contributed by atoms with Gasteiger partial charge < -0.3 is 0 Å². The molecule has 0 aromatic carbocycles. The standard InChI is InChI=1S/C8H10O/c1-2-5-6-3-4-7(9)8(5)6/h2,5-6,8H,1,3-4H2/t5-,6-,8+/m1/s1. The molecule has 2 rings (SSSR count). The Hall–Kier alpha value is -0.590. The van der Waals surface area contributed by atoms with Crippen molar-refractivity contribution in [1.29, 1.82) is 0 Å². The van der Waals surface area contributed by atoms with Crippen molar-refractivity contribution >= 4 is 5.78 Å². The molecule has 1 nitrogen and oxygen atoms in total. The van der Waals surface area contributed by atoms with Crippen LogP contribution in [-0.4, -0.2) is 5.78 Å². The number of fused-ring (bicyclic) bond motifs is 1. The Kier molecular flexibility index (Phi) is 0.850. The molecular weight excluding hydrogens is 112 g/mol. The molecule has 2 aliphatic carbocycles. The summed E-state index contributed by atoms with van der Waals surface area (Å²) >= 11 is 0. The third kappa shape index (κ3) is 0.521. The van der Waals surface area contributed by atoms with Crippen molar-refractivity contribution in [3.63, 3.8) is 0 Å². The van der Waals surface area contributed by atoms with Gasteiger partial charge in [0.05, 0.1) is 0 Å². The molecule has 48 valence electrons. The molecule has 0 heterocycles. The van der Waals surface area contributed by atoms with Crippen LogP contribution in [0.15, 0.2) is 12.7 Å². The van der Waals surface area contributed by atoms with E-state index in [2.05, 4.69) is 6.58 Å².